The molecule has 0 radical (unpaired) electrons. The van der Waals surface area contributed by atoms with Crippen molar-refractivity contribution in [2.24, 2.45) is 0 Å². The van der Waals surface area contributed by atoms with Gasteiger partial charge in [0.1, 0.15) is 11.0 Å². The molecule has 154 valence electrons. The van der Waals surface area contributed by atoms with Crippen LogP contribution in [0.1, 0.15) is 6.92 Å². The number of H-pyrrole nitrogens is 1. The first-order valence-corrected chi connectivity index (χ1v) is 11.1. The SMILES string of the molecule is CCn1c(SCC(=O)Nc2cccc3ccccc23)nc2c([nH]c3ccccc32)c1=O. The molecule has 2 heterocycles. The van der Waals surface area contributed by atoms with E-state index in [0.29, 0.717) is 22.7 Å². The van der Waals surface area contributed by atoms with Crippen molar-refractivity contribution in [2.45, 2.75) is 18.6 Å². The molecule has 7 heteroatoms. The van der Waals surface area contributed by atoms with Gasteiger partial charge in [-0.1, -0.05) is 66.4 Å². The van der Waals surface area contributed by atoms with Gasteiger partial charge in [-0.05, 0) is 24.4 Å². The van der Waals surface area contributed by atoms with Crippen LogP contribution in [0.15, 0.2) is 76.7 Å². The Hall–Kier alpha value is -3.58. The highest BCUT2D eigenvalue weighted by Crippen LogP contribution is 2.26. The largest absolute Gasteiger partial charge is 0.349 e. The van der Waals surface area contributed by atoms with Gasteiger partial charge in [0.05, 0.1) is 5.75 Å². The zero-order valence-corrected chi connectivity index (χ0v) is 17.7. The molecule has 0 aliphatic heterocycles. The van der Waals surface area contributed by atoms with Crippen LogP contribution < -0.4 is 10.9 Å². The van der Waals surface area contributed by atoms with Crippen molar-refractivity contribution in [1.82, 2.24) is 14.5 Å². The molecule has 0 saturated heterocycles. The molecule has 0 atom stereocenters. The fourth-order valence-corrected chi connectivity index (χ4v) is 4.67. The number of nitrogens with one attached hydrogen (secondary N) is 2. The summed E-state index contributed by atoms with van der Waals surface area (Å²) in [5, 5.41) is 6.49. The van der Waals surface area contributed by atoms with Crippen LogP contribution in [-0.2, 0) is 11.3 Å². The number of para-hydroxylation sites is 1. The normalized spacial score (nSPS) is 11.4. The van der Waals surface area contributed by atoms with E-state index in [-0.39, 0.29) is 17.2 Å². The second kappa shape index (κ2) is 7.92. The Kier molecular flexibility index (Phi) is 4.95. The summed E-state index contributed by atoms with van der Waals surface area (Å²) in [5.74, 6) is 0.0149. The predicted molar refractivity (Wildman–Crippen MR) is 127 cm³/mol. The third-order valence-electron chi connectivity index (χ3n) is 5.29. The Balaban J connectivity index is 1.44. The molecule has 6 nitrogen and oxygen atoms in total. The Labute approximate surface area is 182 Å². The van der Waals surface area contributed by atoms with E-state index in [4.69, 9.17) is 4.98 Å². The third kappa shape index (κ3) is 3.47. The molecule has 2 aromatic heterocycles. The number of anilines is 1. The summed E-state index contributed by atoms with van der Waals surface area (Å²) in [4.78, 5) is 33.6. The fourth-order valence-electron chi connectivity index (χ4n) is 3.82. The van der Waals surface area contributed by atoms with E-state index < -0.39 is 0 Å². The Bertz CT molecular complexity index is 1500. The van der Waals surface area contributed by atoms with Crippen molar-refractivity contribution in [3.63, 3.8) is 0 Å². The second-order valence-electron chi connectivity index (χ2n) is 7.20. The summed E-state index contributed by atoms with van der Waals surface area (Å²) in [6, 6.07) is 21.5. The van der Waals surface area contributed by atoms with Crippen molar-refractivity contribution in [3.8, 4) is 0 Å². The van der Waals surface area contributed by atoms with E-state index in [9.17, 15) is 9.59 Å². The van der Waals surface area contributed by atoms with E-state index in [1.807, 2.05) is 73.7 Å². The average Bonchev–Trinajstić information content (AvgIpc) is 3.17. The third-order valence-corrected chi connectivity index (χ3v) is 6.26. The first-order chi connectivity index (χ1) is 15.2. The second-order valence-corrected chi connectivity index (χ2v) is 8.14. The summed E-state index contributed by atoms with van der Waals surface area (Å²) >= 11 is 1.27. The maximum Gasteiger partial charge on any atom is 0.278 e. The van der Waals surface area contributed by atoms with E-state index in [1.54, 1.807) is 4.57 Å². The number of fused-ring (bicyclic) bond motifs is 4. The van der Waals surface area contributed by atoms with Crippen molar-refractivity contribution in [3.05, 3.63) is 77.1 Å². The highest BCUT2D eigenvalue weighted by Gasteiger charge is 2.16. The number of amides is 1. The lowest BCUT2D eigenvalue weighted by Crippen LogP contribution is -2.23. The molecule has 0 unspecified atom stereocenters. The quantitative estimate of drug-likeness (QED) is 0.312. The molecular weight excluding hydrogens is 408 g/mol. The van der Waals surface area contributed by atoms with Crippen molar-refractivity contribution in [1.29, 1.82) is 0 Å². The molecule has 0 spiro atoms. The maximum atomic E-state index is 13.0. The highest BCUT2D eigenvalue weighted by molar-refractivity contribution is 7.99. The number of benzene rings is 3. The van der Waals surface area contributed by atoms with Crippen molar-refractivity contribution in [2.75, 3.05) is 11.1 Å². The molecule has 0 fully saturated rings. The number of hydrogen-bond donors (Lipinski definition) is 2. The standard InChI is InChI=1S/C24H20N4O2S/c1-2-28-23(30)22-21(17-11-5-6-12-19(17)26-22)27-24(28)31-14-20(29)25-18-13-7-9-15-8-3-4-10-16(15)18/h3-13,26H,2,14H2,1H3,(H,25,29). The van der Waals surface area contributed by atoms with Gasteiger partial charge in [-0.3, -0.25) is 14.2 Å². The van der Waals surface area contributed by atoms with E-state index in [1.165, 1.54) is 11.8 Å². The molecule has 0 aliphatic rings. The molecule has 1 amide bonds. The lowest BCUT2D eigenvalue weighted by molar-refractivity contribution is -0.113. The van der Waals surface area contributed by atoms with Gasteiger partial charge in [0, 0.05) is 28.5 Å². The number of carbonyl (C=O) groups excluding carboxylic acids is 1. The smallest absolute Gasteiger partial charge is 0.278 e. The van der Waals surface area contributed by atoms with E-state index >= 15 is 0 Å². The number of aromatic nitrogens is 3. The van der Waals surface area contributed by atoms with Crippen molar-refractivity contribution >= 4 is 56.1 Å². The number of hydrogen-bond acceptors (Lipinski definition) is 4. The summed E-state index contributed by atoms with van der Waals surface area (Å²) < 4.78 is 1.60. The summed E-state index contributed by atoms with van der Waals surface area (Å²) in [6.07, 6.45) is 0. The van der Waals surface area contributed by atoms with Gasteiger partial charge in [-0.2, -0.15) is 0 Å². The molecule has 31 heavy (non-hydrogen) atoms. The first-order valence-electron chi connectivity index (χ1n) is 10.1. The van der Waals surface area contributed by atoms with E-state index in [0.717, 1.165) is 27.4 Å². The van der Waals surface area contributed by atoms with Gasteiger partial charge in [-0.15, -0.1) is 0 Å². The van der Waals surface area contributed by atoms with Gasteiger partial charge in [0.2, 0.25) is 5.91 Å². The number of thioether (sulfide) groups is 1. The lowest BCUT2D eigenvalue weighted by atomic mass is 10.1. The van der Waals surface area contributed by atoms with Crippen molar-refractivity contribution < 1.29 is 4.79 Å². The minimum Gasteiger partial charge on any atom is -0.349 e. The number of nitrogens with zero attached hydrogens (tertiary/aromatic N) is 2. The molecule has 2 N–H and O–H groups in total. The summed E-state index contributed by atoms with van der Waals surface area (Å²) in [7, 11) is 0. The first kappa shape index (κ1) is 19.4. The fraction of sp³-hybridized carbons (Fsp3) is 0.125. The molecule has 0 aliphatic carbocycles. The molecule has 0 saturated carbocycles. The lowest BCUT2D eigenvalue weighted by Gasteiger charge is -2.11. The number of carbonyl (C=O) groups is 1. The zero-order chi connectivity index (χ0) is 21.4. The number of rotatable bonds is 5. The minimum absolute atomic E-state index is 0.124. The molecule has 0 bridgehead atoms. The minimum atomic E-state index is -0.141. The maximum absolute atomic E-state index is 13.0. The topological polar surface area (TPSA) is 79.8 Å². The molecule has 5 aromatic rings. The van der Waals surface area contributed by atoms with Crippen LogP contribution in [0.5, 0.6) is 0 Å². The van der Waals surface area contributed by atoms with Gasteiger partial charge < -0.3 is 10.3 Å². The Morgan fingerprint density at radius 2 is 1.77 bits per heavy atom. The van der Waals surface area contributed by atoms with E-state index in [2.05, 4.69) is 10.3 Å². The van der Waals surface area contributed by atoms with Crippen LogP contribution in [0, 0.1) is 0 Å². The average molecular weight is 429 g/mol. The summed E-state index contributed by atoms with van der Waals surface area (Å²) in [5.41, 5.74) is 2.66. The Morgan fingerprint density at radius 3 is 2.61 bits per heavy atom. The van der Waals surface area contributed by atoms with Gasteiger partial charge in [0.25, 0.3) is 5.56 Å². The van der Waals surface area contributed by atoms with Gasteiger partial charge in [0.15, 0.2) is 5.16 Å². The highest BCUT2D eigenvalue weighted by atomic mass is 32.2. The van der Waals surface area contributed by atoms with Crippen LogP contribution >= 0.6 is 11.8 Å². The molecule has 5 rings (SSSR count). The zero-order valence-electron chi connectivity index (χ0n) is 16.9. The predicted octanol–water partition coefficient (Wildman–Crippen LogP) is 4.78. The summed E-state index contributed by atoms with van der Waals surface area (Å²) in [6.45, 7) is 2.38. The van der Waals surface area contributed by atoms with Crippen LogP contribution in [0.2, 0.25) is 0 Å². The molecular formula is C24H20N4O2S. The molecule has 3 aromatic carbocycles. The van der Waals surface area contributed by atoms with Gasteiger partial charge in [-0.25, -0.2) is 4.98 Å². The van der Waals surface area contributed by atoms with Crippen LogP contribution in [0.4, 0.5) is 5.69 Å². The van der Waals surface area contributed by atoms with Crippen LogP contribution in [0.25, 0.3) is 32.7 Å². The Morgan fingerprint density at radius 1 is 1.03 bits per heavy atom. The van der Waals surface area contributed by atoms with Crippen LogP contribution in [-0.4, -0.2) is 26.2 Å². The van der Waals surface area contributed by atoms with Crippen LogP contribution in [0.3, 0.4) is 0 Å². The number of aromatic amines is 1. The van der Waals surface area contributed by atoms with Gasteiger partial charge >= 0.3 is 0 Å². The monoisotopic (exact) mass is 428 g/mol.